The van der Waals surface area contributed by atoms with Crippen LogP contribution in [0.5, 0.6) is 0 Å². The third-order valence-electron chi connectivity index (χ3n) is 12.0. The van der Waals surface area contributed by atoms with Crippen molar-refractivity contribution in [1.29, 1.82) is 0 Å². The molecule has 0 aliphatic heterocycles. The molecule has 0 fully saturated rings. The van der Waals surface area contributed by atoms with E-state index in [1.165, 1.54) is 19.3 Å². The summed E-state index contributed by atoms with van der Waals surface area (Å²) in [4.78, 5) is 39.9. The standard InChI is InChI=1S/C56H105NO11/c1-5-9-13-17-25-34-46-64-56(65-47-35-26-18-14-10-6-2)40-39-55(62)63-45-33-27-19-23-31-41-57(43-44-58)42-32-24-22-30-38-54(61)68-50-51(48-66-52(59)36-28-20-15-11-7-3)49-67-53(60)37-29-21-16-12-8-4/h9-10,13-14,51-52,56,58-59H,5-8,11-12,15-50H2,1-4H3/b13-9-,14-10-. The number of carbonyl (C=O) groups excluding carboxylic acids is 3. The Kier molecular flexibility index (Phi) is 50.7. The summed E-state index contributed by atoms with van der Waals surface area (Å²) >= 11 is 0. The number of ether oxygens (including phenoxy) is 6. The molecule has 0 aliphatic carbocycles. The minimum Gasteiger partial charge on any atom is -0.466 e. The lowest BCUT2D eigenvalue weighted by atomic mass is 10.1. The smallest absolute Gasteiger partial charge is 0.305 e. The van der Waals surface area contributed by atoms with Gasteiger partial charge in [-0.1, -0.05) is 135 Å². The van der Waals surface area contributed by atoms with Gasteiger partial charge in [-0.15, -0.1) is 0 Å². The minimum atomic E-state index is -0.888. The Bertz CT molecular complexity index is 1140. The molecule has 400 valence electrons. The van der Waals surface area contributed by atoms with Gasteiger partial charge in [0.15, 0.2) is 12.6 Å². The first kappa shape index (κ1) is 65.7. The topological polar surface area (TPSA) is 150 Å². The molecular formula is C56H105NO11. The first-order chi connectivity index (χ1) is 33.3. The summed E-state index contributed by atoms with van der Waals surface area (Å²) in [6.45, 7) is 13.3. The van der Waals surface area contributed by atoms with Crippen LogP contribution in [0.3, 0.4) is 0 Å². The van der Waals surface area contributed by atoms with Gasteiger partial charge in [-0.2, -0.15) is 0 Å². The van der Waals surface area contributed by atoms with Crippen LogP contribution in [0.1, 0.15) is 233 Å². The predicted octanol–water partition coefficient (Wildman–Crippen LogP) is 12.9. The van der Waals surface area contributed by atoms with Crippen molar-refractivity contribution in [2.45, 2.75) is 246 Å². The molecule has 68 heavy (non-hydrogen) atoms. The summed E-state index contributed by atoms with van der Waals surface area (Å²) in [5.74, 6) is -1.06. The molecule has 0 bridgehead atoms. The number of hydrogen-bond donors (Lipinski definition) is 2. The monoisotopic (exact) mass is 968 g/mol. The van der Waals surface area contributed by atoms with Crippen molar-refractivity contribution in [2.24, 2.45) is 5.92 Å². The molecule has 2 unspecified atom stereocenters. The van der Waals surface area contributed by atoms with E-state index in [1.54, 1.807) is 0 Å². The highest BCUT2D eigenvalue weighted by Gasteiger charge is 2.18. The van der Waals surface area contributed by atoms with E-state index in [1.807, 2.05) is 0 Å². The lowest BCUT2D eigenvalue weighted by Gasteiger charge is -2.21. The third kappa shape index (κ3) is 47.3. The number of rotatable bonds is 53. The van der Waals surface area contributed by atoms with Gasteiger partial charge in [0.1, 0.15) is 0 Å². The number of nitrogens with zero attached hydrogens (tertiary/aromatic N) is 1. The van der Waals surface area contributed by atoms with Gasteiger partial charge >= 0.3 is 17.9 Å². The predicted molar refractivity (Wildman–Crippen MR) is 276 cm³/mol. The van der Waals surface area contributed by atoms with E-state index in [0.29, 0.717) is 58.5 Å². The van der Waals surface area contributed by atoms with Crippen molar-refractivity contribution in [3.63, 3.8) is 0 Å². The Morgan fingerprint density at radius 1 is 0.456 bits per heavy atom. The van der Waals surface area contributed by atoms with Crippen molar-refractivity contribution in [1.82, 2.24) is 4.90 Å². The van der Waals surface area contributed by atoms with Gasteiger partial charge in [0.2, 0.25) is 0 Å². The number of carbonyl (C=O) groups is 3. The second-order valence-corrected chi connectivity index (χ2v) is 18.6. The zero-order chi connectivity index (χ0) is 49.8. The Hall–Kier alpha value is -2.35. The molecule has 2 atom stereocenters. The lowest BCUT2D eigenvalue weighted by Crippen LogP contribution is -2.29. The van der Waals surface area contributed by atoms with E-state index in [2.05, 4.69) is 56.9 Å². The molecule has 0 heterocycles. The fourth-order valence-electron chi connectivity index (χ4n) is 7.67. The zero-order valence-corrected chi connectivity index (χ0v) is 44.3. The van der Waals surface area contributed by atoms with E-state index >= 15 is 0 Å². The van der Waals surface area contributed by atoms with E-state index in [-0.39, 0.29) is 56.5 Å². The highest BCUT2D eigenvalue weighted by molar-refractivity contribution is 5.70. The molecule has 0 aromatic heterocycles. The molecule has 0 spiro atoms. The molecule has 2 N–H and O–H groups in total. The maximum atomic E-state index is 12.7. The van der Waals surface area contributed by atoms with Crippen molar-refractivity contribution < 1.29 is 53.0 Å². The maximum Gasteiger partial charge on any atom is 0.305 e. The summed E-state index contributed by atoms with van der Waals surface area (Å²) in [6, 6.07) is 0. The van der Waals surface area contributed by atoms with Gasteiger partial charge in [0.05, 0.1) is 45.4 Å². The van der Waals surface area contributed by atoms with Gasteiger partial charge in [-0.05, 0) is 109 Å². The first-order valence-electron chi connectivity index (χ1n) is 27.9. The number of hydrogen-bond acceptors (Lipinski definition) is 12. The van der Waals surface area contributed by atoms with Gasteiger partial charge < -0.3 is 43.5 Å². The largest absolute Gasteiger partial charge is 0.466 e. The van der Waals surface area contributed by atoms with Crippen LogP contribution in [0.15, 0.2) is 24.3 Å². The Balaban J connectivity index is 4.37. The number of aliphatic hydroxyl groups excluding tert-OH is 2. The van der Waals surface area contributed by atoms with Crippen molar-refractivity contribution in [3.05, 3.63) is 24.3 Å². The van der Waals surface area contributed by atoms with Crippen LogP contribution in [0.2, 0.25) is 0 Å². The second-order valence-electron chi connectivity index (χ2n) is 18.6. The van der Waals surface area contributed by atoms with Gasteiger partial charge in [0, 0.05) is 39.0 Å². The Morgan fingerprint density at radius 3 is 1.46 bits per heavy atom. The van der Waals surface area contributed by atoms with Crippen molar-refractivity contribution in [2.75, 3.05) is 65.9 Å². The summed E-state index contributed by atoms with van der Waals surface area (Å²) in [7, 11) is 0. The summed E-state index contributed by atoms with van der Waals surface area (Å²) in [6.07, 6.45) is 37.4. The molecule has 0 rings (SSSR count). The third-order valence-corrected chi connectivity index (χ3v) is 12.0. The van der Waals surface area contributed by atoms with Crippen LogP contribution < -0.4 is 0 Å². The molecule has 0 radical (unpaired) electrons. The minimum absolute atomic E-state index is 0.0819. The normalized spacial score (nSPS) is 12.8. The average molecular weight is 968 g/mol. The first-order valence-corrected chi connectivity index (χ1v) is 27.9. The zero-order valence-electron chi connectivity index (χ0n) is 44.3. The van der Waals surface area contributed by atoms with E-state index < -0.39 is 6.29 Å². The van der Waals surface area contributed by atoms with Gasteiger partial charge in [-0.3, -0.25) is 14.4 Å². The molecule has 0 amide bonds. The highest BCUT2D eigenvalue weighted by Crippen LogP contribution is 2.15. The van der Waals surface area contributed by atoms with Crippen LogP contribution >= 0.6 is 0 Å². The molecule has 0 saturated heterocycles. The maximum absolute atomic E-state index is 12.7. The Labute approximate surface area is 416 Å². The molecule has 12 nitrogen and oxygen atoms in total. The quantitative estimate of drug-likeness (QED) is 0.0196. The summed E-state index contributed by atoms with van der Waals surface area (Å²) in [5.41, 5.74) is 0. The molecule has 12 heteroatoms. The van der Waals surface area contributed by atoms with Crippen molar-refractivity contribution in [3.8, 4) is 0 Å². The molecule has 0 aromatic rings. The van der Waals surface area contributed by atoms with Crippen LogP contribution in [0.25, 0.3) is 0 Å². The van der Waals surface area contributed by atoms with E-state index in [9.17, 15) is 24.6 Å². The van der Waals surface area contributed by atoms with E-state index in [4.69, 9.17) is 28.4 Å². The number of unbranched alkanes of at least 4 members (excludes halogenated alkanes) is 19. The van der Waals surface area contributed by atoms with Crippen LogP contribution in [0, 0.1) is 5.92 Å². The number of esters is 3. The Morgan fingerprint density at radius 2 is 0.926 bits per heavy atom. The van der Waals surface area contributed by atoms with Gasteiger partial charge in [-0.25, -0.2) is 0 Å². The second kappa shape index (κ2) is 52.5. The van der Waals surface area contributed by atoms with E-state index in [0.717, 1.165) is 167 Å². The molecule has 0 aliphatic rings. The average Bonchev–Trinajstić information content (AvgIpc) is 3.33. The fourth-order valence-corrected chi connectivity index (χ4v) is 7.67. The molecule has 0 saturated carbocycles. The molecule has 0 aromatic carbocycles. The van der Waals surface area contributed by atoms with Gasteiger partial charge in [0.25, 0.3) is 0 Å². The molecular weight excluding hydrogens is 863 g/mol. The summed E-state index contributed by atoms with van der Waals surface area (Å²) < 4.78 is 34.5. The van der Waals surface area contributed by atoms with Crippen LogP contribution in [-0.4, -0.2) is 111 Å². The number of allylic oxidation sites excluding steroid dienone is 4. The lowest BCUT2D eigenvalue weighted by molar-refractivity contribution is -0.159. The fraction of sp³-hybridized carbons (Fsp3) is 0.875. The van der Waals surface area contributed by atoms with Crippen LogP contribution in [0.4, 0.5) is 0 Å². The SMILES string of the molecule is CC/C=C\CCCCOC(CCC(=O)OCCCCCCCN(CCO)CCCCCCC(=O)OCC(COC(=O)CCCCCCC)COC(O)CCCCCCC)OCCCC/C=C\CC. The van der Waals surface area contributed by atoms with Crippen LogP contribution in [-0.2, 0) is 42.8 Å². The summed E-state index contributed by atoms with van der Waals surface area (Å²) in [5, 5.41) is 20.0. The number of aliphatic hydroxyl groups is 2. The van der Waals surface area contributed by atoms with Crippen molar-refractivity contribution >= 4 is 17.9 Å². The highest BCUT2D eigenvalue weighted by atomic mass is 16.7.